The number of hydrogen-bond donors (Lipinski definition) is 1. The second-order valence-corrected chi connectivity index (χ2v) is 8.15. The first-order valence-electron chi connectivity index (χ1n) is 10.3. The van der Waals surface area contributed by atoms with Gasteiger partial charge in [-0.2, -0.15) is 0 Å². The molecule has 0 bridgehead atoms. The Bertz CT molecular complexity index is 845. The number of piperazine rings is 1. The fraction of sp³-hybridized carbons (Fsp3) is 0.435. The van der Waals surface area contributed by atoms with E-state index in [4.69, 9.17) is 11.6 Å². The molecule has 2 aromatic carbocycles. The van der Waals surface area contributed by atoms with Crippen LogP contribution in [0.1, 0.15) is 36.8 Å². The van der Waals surface area contributed by atoms with Crippen LogP contribution in [0.3, 0.4) is 0 Å². The van der Waals surface area contributed by atoms with Gasteiger partial charge in [-0.25, -0.2) is 0 Å². The van der Waals surface area contributed by atoms with E-state index in [1.807, 2.05) is 24.3 Å². The van der Waals surface area contributed by atoms with E-state index >= 15 is 0 Å². The molecule has 4 rings (SSSR count). The third kappa shape index (κ3) is 4.03. The van der Waals surface area contributed by atoms with E-state index < -0.39 is 0 Å². The van der Waals surface area contributed by atoms with Gasteiger partial charge in [0.1, 0.15) is 0 Å². The van der Waals surface area contributed by atoms with E-state index in [1.165, 1.54) is 11.1 Å². The summed E-state index contributed by atoms with van der Waals surface area (Å²) in [7, 11) is 0. The number of benzene rings is 2. The maximum absolute atomic E-state index is 13.2. The van der Waals surface area contributed by atoms with Gasteiger partial charge in [-0.1, -0.05) is 42.8 Å². The largest absolute Gasteiger partial charge is 0.367 e. The number of amides is 1. The van der Waals surface area contributed by atoms with Crippen molar-refractivity contribution in [1.82, 2.24) is 4.90 Å². The van der Waals surface area contributed by atoms with Crippen LogP contribution in [0.4, 0.5) is 11.4 Å². The first-order valence-corrected chi connectivity index (χ1v) is 10.7. The number of carbonyl (C=O) groups is 1. The van der Waals surface area contributed by atoms with Crippen LogP contribution in [0, 0.1) is 0 Å². The monoisotopic (exact) mass is 397 g/mol. The topological polar surface area (TPSA) is 35.6 Å². The highest BCUT2D eigenvalue weighted by Crippen LogP contribution is 2.35. The van der Waals surface area contributed by atoms with E-state index in [9.17, 15) is 4.79 Å². The molecule has 1 heterocycles. The summed E-state index contributed by atoms with van der Waals surface area (Å²) in [5, 5.41) is 3.85. The average Bonchev–Trinajstić information content (AvgIpc) is 2.73. The molecule has 1 saturated heterocycles. The van der Waals surface area contributed by atoms with Crippen LogP contribution in [-0.2, 0) is 11.2 Å². The van der Waals surface area contributed by atoms with Crippen LogP contribution in [-0.4, -0.2) is 43.5 Å². The van der Waals surface area contributed by atoms with Crippen LogP contribution >= 0.6 is 11.6 Å². The van der Waals surface area contributed by atoms with E-state index in [2.05, 4.69) is 40.2 Å². The molecule has 0 saturated carbocycles. The van der Waals surface area contributed by atoms with Crippen molar-refractivity contribution in [2.75, 3.05) is 42.9 Å². The van der Waals surface area contributed by atoms with E-state index in [0.29, 0.717) is 5.02 Å². The summed E-state index contributed by atoms with van der Waals surface area (Å²) in [6, 6.07) is 14.2. The number of nitrogens with zero attached hydrogens (tertiary/aromatic N) is 2. The zero-order chi connectivity index (χ0) is 19.5. The zero-order valence-electron chi connectivity index (χ0n) is 16.5. The van der Waals surface area contributed by atoms with Gasteiger partial charge in [0, 0.05) is 31.2 Å². The highest BCUT2D eigenvalue weighted by Gasteiger charge is 2.27. The molecule has 0 radical (unpaired) electrons. The molecule has 1 N–H and O–H groups in total. The third-order valence-corrected chi connectivity index (χ3v) is 6.30. The molecule has 5 heteroatoms. The Morgan fingerprint density at radius 3 is 2.71 bits per heavy atom. The molecule has 0 aromatic heterocycles. The number of aryl methyl sites for hydroxylation is 1. The Labute approximate surface area is 172 Å². The maximum Gasteiger partial charge on any atom is 0.231 e. The van der Waals surface area contributed by atoms with Crippen molar-refractivity contribution >= 4 is 28.9 Å². The Kier molecular flexibility index (Phi) is 5.88. The lowest BCUT2D eigenvalue weighted by Gasteiger charge is -2.36. The molecular formula is C23H28ClN3O. The number of carbonyl (C=O) groups excluding carboxylic acids is 1. The number of hydrogen-bond acceptors (Lipinski definition) is 3. The summed E-state index contributed by atoms with van der Waals surface area (Å²) in [5.74, 6) is -0.0171. The Morgan fingerprint density at radius 1 is 1.14 bits per heavy atom. The van der Waals surface area contributed by atoms with Gasteiger partial charge in [0.2, 0.25) is 5.91 Å². The highest BCUT2D eigenvalue weighted by molar-refractivity contribution is 6.31. The molecular weight excluding hydrogens is 370 g/mol. The van der Waals surface area contributed by atoms with Gasteiger partial charge >= 0.3 is 0 Å². The zero-order valence-corrected chi connectivity index (χ0v) is 17.2. The number of anilines is 2. The van der Waals surface area contributed by atoms with E-state index in [0.717, 1.165) is 63.4 Å². The average molecular weight is 398 g/mol. The summed E-state index contributed by atoms with van der Waals surface area (Å²) < 4.78 is 0. The molecule has 4 nitrogen and oxygen atoms in total. The van der Waals surface area contributed by atoms with Gasteiger partial charge < -0.3 is 15.1 Å². The van der Waals surface area contributed by atoms with Gasteiger partial charge in [0.05, 0.1) is 17.3 Å². The molecule has 2 aliphatic rings. The molecule has 1 unspecified atom stereocenters. The molecule has 1 aliphatic heterocycles. The van der Waals surface area contributed by atoms with Crippen LogP contribution in [0.5, 0.6) is 0 Å². The smallest absolute Gasteiger partial charge is 0.231 e. The fourth-order valence-corrected chi connectivity index (χ4v) is 4.61. The van der Waals surface area contributed by atoms with Crippen molar-refractivity contribution < 1.29 is 4.79 Å². The van der Waals surface area contributed by atoms with E-state index in [1.54, 1.807) is 0 Å². The van der Waals surface area contributed by atoms with Crippen LogP contribution in [0.25, 0.3) is 0 Å². The minimum absolute atomic E-state index is 0.0721. The minimum atomic E-state index is -0.0891. The van der Waals surface area contributed by atoms with Gasteiger partial charge in [0.25, 0.3) is 0 Å². The van der Waals surface area contributed by atoms with Crippen LogP contribution in [0.15, 0.2) is 42.5 Å². The number of rotatable bonds is 4. The summed E-state index contributed by atoms with van der Waals surface area (Å²) in [4.78, 5) is 18.0. The molecule has 0 spiro atoms. The first kappa shape index (κ1) is 19.3. The minimum Gasteiger partial charge on any atom is -0.367 e. The van der Waals surface area contributed by atoms with Crippen molar-refractivity contribution in [2.45, 2.75) is 32.1 Å². The summed E-state index contributed by atoms with van der Waals surface area (Å²) in [6.07, 6.45) is 3.01. The van der Waals surface area contributed by atoms with Gasteiger partial charge in [0.15, 0.2) is 0 Å². The number of fused-ring (bicyclic) bond motifs is 1. The molecule has 1 atom stereocenters. The molecule has 1 fully saturated rings. The molecule has 2 aromatic rings. The van der Waals surface area contributed by atoms with Crippen molar-refractivity contribution in [3.05, 3.63) is 58.6 Å². The molecule has 148 valence electrons. The first-order chi connectivity index (χ1) is 13.7. The standard InChI is InChI=1S/C23H28ClN3O/c1-2-26-12-14-27(15-13-26)22-11-10-18(24)16-21(22)25-23(28)20-9-5-7-17-6-3-4-8-19(17)20/h3-4,6,8,10-11,16,20H,2,5,7,9,12-15H2,1H3,(H,25,28). The lowest BCUT2D eigenvalue weighted by atomic mass is 9.82. The quantitative estimate of drug-likeness (QED) is 0.822. The normalized spacial score (nSPS) is 19.9. The predicted molar refractivity (Wildman–Crippen MR) is 117 cm³/mol. The SMILES string of the molecule is CCN1CCN(c2ccc(Cl)cc2NC(=O)C2CCCc3ccccc32)CC1. The van der Waals surface area contributed by atoms with Crippen molar-refractivity contribution in [3.8, 4) is 0 Å². The highest BCUT2D eigenvalue weighted by atomic mass is 35.5. The van der Waals surface area contributed by atoms with Gasteiger partial charge in [-0.05, 0) is 55.1 Å². The molecule has 1 aliphatic carbocycles. The number of likely N-dealkylation sites (N-methyl/N-ethyl adjacent to an activating group) is 1. The molecule has 1 amide bonds. The van der Waals surface area contributed by atoms with Gasteiger partial charge in [-0.3, -0.25) is 4.79 Å². The summed E-state index contributed by atoms with van der Waals surface area (Å²) >= 11 is 6.27. The van der Waals surface area contributed by atoms with Crippen LogP contribution in [0.2, 0.25) is 5.02 Å². The Hall–Kier alpha value is -2.04. The summed E-state index contributed by atoms with van der Waals surface area (Å²) in [6.45, 7) is 7.30. The summed E-state index contributed by atoms with van der Waals surface area (Å²) in [5.41, 5.74) is 4.37. The lowest BCUT2D eigenvalue weighted by molar-refractivity contribution is -0.117. The second-order valence-electron chi connectivity index (χ2n) is 7.72. The third-order valence-electron chi connectivity index (χ3n) is 6.06. The molecule has 28 heavy (non-hydrogen) atoms. The van der Waals surface area contributed by atoms with Crippen molar-refractivity contribution in [3.63, 3.8) is 0 Å². The van der Waals surface area contributed by atoms with Gasteiger partial charge in [-0.15, -0.1) is 0 Å². The predicted octanol–water partition coefficient (Wildman–Crippen LogP) is 4.54. The maximum atomic E-state index is 13.2. The lowest BCUT2D eigenvalue weighted by Crippen LogP contribution is -2.46. The number of nitrogens with one attached hydrogen (secondary N) is 1. The number of halogens is 1. The van der Waals surface area contributed by atoms with Crippen molar-refractivity contribution in [2.24, 2.45) is 0 Å². The second kappa shape index (κ2) is 8.54. The Balaban J connectivity index is 1.55. The Morgan fingerprint density at radius 2 is 1.93 bits per heavy atom. The fourth-order valence-electron chi connectivity index (χ4n) is 4.44. The van der Waals surface area contributed by atoms with E-state index in [-0.39, 0.29) is 11.8 Å². The van der Waals surface area contributed by atoms with Crippen molar-refractivity contribution in [1.29, 1.82) is 0 Å². The van der Waals surface area contributed by atoms with Crippen LogP contribution < -0.4 is 10.2 Å².